The summed E-state index contributed by atoms with van der Waals surface area (Å²) >= 11 is 1.60. The first-order valence-electron chi connectivity index (χ1n) is 11.0. The van der Waals surface area contributed by atoms with Crippen molar-refractivity contribution < 1.29 is 18.1 Å². The lowest BCUT2D eigenvalue weighted by Crippen LogP contribution is -2.43. The second-order valence-corrected chi connectivity index (χ2v) is 9.13. The van der Waals surface area contributed by atoms with Crippen molar-refractivity contribution in [2.75, 3.05) is 25.4 Å². The van der Waals surface area contributed by atoms with Gasteiger partial charge in [0, 0.05) is 30.2 Å². The maximum absolute atomic E-state index is 13.6. The average molecular weight is 473 g/mol. The van der Waals surface area contributed by atoms with E-state index in [2.05, 4.69) is 20.4 Å². The second-order valence-electron chi connectivity index (χ2n) is 8.03. The van der Waals surface area contributed by atoms with Crippen LogP contribution < -0.4 is 5.32 Å². The number of rotatable bonds is 9. The fourth-order valence-electron chi connectivity index (χ4n) is 3.83. The van der Waals surface area contributed by atoms with Crippen LogP contribution >= 0.6 is 11.8 Å². The molecule has 1 aliphatic rings. The molecule has 6 nitrogen and oxygen atoms in total. The Balaban J connectivity index is 1.20. The molecular formula is C24H26F2N4O2S. The van der Waals surface area contributed by atoms with Crippen LogP contribution in [0, 0.1) is 17.6 Å². The second kappa shape index (κ2) is 11.4. The molecule has 9 heteroatoms. The molecule has 1 amide bonds. The van der Waals surface area contributed by atoms with Gasteiger partial charge in [0.25, 0.3) is 0 Å². The molecule has 1 fully saturated rings. The summed E-state index contributed by atoms with van der Waals surface area (Å²) in [5, 5.41) is 6.99. The number of hydrogen-bond donors (Lipinski definition) is 1. The highest BCUT2D eigenvalue weighted by Crippen LogP contribution is 2.21. The number of likely N-dealkylation sites (tertiary alicyclic amines) is 1. The molecule has 174 valence electrons. The summed E-state index contributed by atoms with van der Waals surface area (Å²) in [4.78, 5) is 19.2. The van der Waals surface area contributed by atoms with Gasteiger partial charge in [0.15, 0.2) is 0 Å². The standard InChI is InChI=1S/C24H26F2N4O2S/c25-20-9-7-17(8-10-20)23-28-22(32-29-23)15-30-12-3-5-18(14-30)24(31)27-11-13-33-16-19-4-1-2-6-21(19)26/h1-2,4,6-10,18H,3,5,11-16H2,(H,27,31). The lowest BCUT2D eigenvalue weighted by atomic mass is 9.97. The van der Waals surface area contributed by atoms with E-state index in [4.69, 9.17) is 4.52 Å². The number of benzene rings is 2. The molecule has 1 aliphatic heterocycles. The van der Waals surface area contributed by atoms with Gasteiger partial charge < -0.3 is 9.84 Å². The number of nitrogens with zero attached hydrogens (tertiary/aromatic N) is 3. The Morgan fingerprint density at radius 1 is 1.18 bits per heavy atom. The zero-order valence-corrected chi connectivity index (χ0v) is 19.0. The molecule has 0 saturated carbocycles. The molecule has 0 aliphatic carbocycles. The molecule has 1 atom stereocenters. The minimum Gasteiger partial charge on any atom is -0.355 e. The van der Waals surface area contributed by atoms with Gasteiger partial charge in [-0.1, -0.05) is 23.4 Å². The number of carbonyl (C=O) groups is 1. The fraction of sp³-hybridized carbons (Fsp3) is 0.375. The van der Waals surface area contributed by atoms with Crippen LogP contribution in [0.4, 0.5) is 8.78 Å². The van der Waals surface area contributed by atoms with Gasteiger partial charge in [-0.25, -0.2) is 8.78 Å². The number of piperidine rings is 1. The Labute approximate surface area is 195 Å². The van der Waals surface area contributed by atoms with E-state index in [-0.39, 0.29) is 23.5 Å². The lowest BCUT2D eigenvalue weighted by molar-refractivity contribution is -0.126. The predicted octanol–water partition coefficient (Wildman–Crippen LogP) is 4.28. The highest BCUT2D eigenvalue weighted by atomic mass is 32.2. The Morgan fingerprint density at radius 3 is 2.82 bits per heavy atom. The largest absolute Gasteiger partial charge is 0.355 e. The summed E-state index contributed by atoms with van der Waals surface area (Å²) in [6, 6.07) is 12.7. The smallest absolute Gasteiger partial charge is 0.241 e. The van der Waals surface area contributed by atoms with E-state index in [0.29, 0.717) is 48.2 Å². The van der Waals surface area contributed by atoms with Crippen molar-refractivity contribution in [3.8, 4) is 11.4 Å². The summed E-state index contributed by atoms with van der Waals surface area (Å²) < 4.78 is 32.1. The Hall–Kier alpha value is -2.78. The van der Waals surface area contributed by atoms with Crippen molar-refractivity contribution in [2.45, 2.75) is 25.1 Å². The van der Waals surface area contributed by atoms with E-state index in [1.807, 2.05) is 6.07 Å². The number of halogens is 2. The highest BCUT2D eigenvalue weighted by molar-refractivity contribution is 7.98. The van der Waals surface area contributed by atoms with Crippen molar-refractivity contribution in [3.63, 3.8) is 0 Å². The Bertz CT molecular complexity index is 1060. The molecule has 0 spiro atoms. The predicted molar refractivity (Wildman–Crippen MR) is 123 cm³/mol. The number of amides is 1. The van der Waals surface area contributed by atoms with E-state index < -0.39 is 0 Å². The van der Waals surface area contributed by atoms with Crippen LogP contribution in [0.3, 0.4) is 0 Å². The molecule has 4 rings (SSSR count). The van der Waals surface area contributed by atoms with E-state index in [0.717, 1.165) is 25.1 Å². The summed E-state index contributed by atoms with van der Waals surface area (Å²) in [7, 11) is 0. The first-order chi connectivity index (χ1) is 16.1. The van der Waals surface area contributed by atoms with Gasteiger partial charge in [-0.15, -0.1) is 0 Å². The van der Waals surface area contributed by atoms with Gasteiger partial charge in [-0.3, -0.25) is 9.69 Å². The lowest BCUT2D eigenvalue weighted by Gasteiger charge is -2.30. The molecule has 2 aromatic carbocycles. The van der Waals surface area contributed by atoms with E-state index >= 15 is 0 Å². The molecule has 1 N–H and O–H groups in total. The first kappa shape index (κ1) is 23.4. The van der Waals surface area contributed by atoms with Gasteiger partial charge in [-0.05, 0) is 55.3 Å². The van der Waals surface area contributed by atoms with Crippen molar-refractivity contribution in [2.24, 2.45) is 5.92 Å². The molecule has 33 heavy (non-hydrogen) atoms. The maximum atomic E-state index is 13.6. The highest BCUT2D eigenvalue weighted by Gasteiger charge is 2.26. The molecule has 1 aromatic heterocycles. The maximum Gasteiger partial charge on any atom is 0.241 e. The first-order valence-corrected chi connectivity index (χ1v) is 12.1. The van der Waals surface area contributed by atoms with Crippen LogP contribution in [0.15, 0.2) is 53.1 Å². The van der Waals surface area contributed by atoms with Crippen LogP contribution in [-0.2, 0) is 17.1 Å². The zero-order chi connectivity index (χ0) is 23.0. The summed E-state index contributed by atoms with van der Waals surface area (Å²) in [5.74, 6) is 1.66. The molecule has 1 unspecified atom stereocenters. The number of thioether (sulfide) groups is 1. The normalized spacial score (nSPS) is 16.6. The third-order valence-corrected chi connectivity index (χ3v) is 6.57. The van der Waals surface area contributed by atoms with Crippen molar-refractivity contribution in [3.05, 3.63) is 71.6 Å². The van der Waals surface area contributed by atoms with Gasteiger partial charge in [0.1, 0.15) is 11.6 Å². The van der Waals surface area contributed by atoms with Crippen LogP contribution in [0.2, 0.25) is 0 Å². The van der Waals surface area contributed by atoms with Crippen LogP contribution in [-0.4, -0.2) is 46.3 Å². The van der Waals surface area contributed by atoms with Crippen LogP contribution in [0.5, 0.6) is 0 Å². The zero-order valence-electron chi connectivity index (χ0n) is 18.2. The summed E-state index contributed by atoms with van der Waals surface area (Å²) in [6.45, 7) is 2.51. The molecular weight excluding hydrogens is 446 g/mol. The average Bonchev–Trinajstić information content (AvgIpc) is 3.29. The SMILES string of the molecule is O=C(NCCSCc1ccccc1F)C1CCCN(Cc2nc(-c3ccc(F)cc3)no2)C1. The Kier molecular flexibility index (Phi) is 8.06. The molecule has 2 heterocycles. The minimum atomic E-state index is -0.316. The summed E-state index contributed by atoms with van der Waals surface area (Å²) in [6.07, 6.45) is 1.76. The fourth-order valence-corrected chi connectivity index (χ4v) is 4.67. The monoisotopic (exact) mass is 472 g/mol. The van der Waals surface area contributed by atoms with E-state index in [1.165, 1.54) is 18.2 Å². The molecule has 1 saturated heterocycles. The number of aromatic nitrogens is 2. The quantitative estimate of drug-likeness (QED) is 0.469. The van der Waals surface area contributed by atoms with E-state index in [1.54, 1.807) is 36.0 Å². The topological polar surface area (TPSA) is 71.3 Å². The number of nitrogens with one attached hydrogen (secondary N) is 1. The molecule has 0 radical (unpaired) electrons. The van der Waals surface area contributed by atoms with Crippen molar-refractivity contribution >= 4 is 17.7 Å². The minimum absolute atomic E-state index is 0.0451. The third-order valence-electron chi connectivity index (χ3n) is 5.57. The van der Waals surface area contributed by atoms with Crippen molar-refractivity contribution in [1.29, 1.82) is 0 Å². The Morgan fingerprint density at radius 2 is 2.00 bits per heavy atom. The van der Waals surface area contributed by atoms with E-state index in [9.17, 15) is 13.6 Å². The van der Waals surface area contributed by atoms with Gasteiger partial charge >= 0.3 is 0 Å². The third kappa shape index (κ3) is 6.61. The van der Waals surface area contributed by atoms with Crippen molar-refractivity contribution in [1.82, 2.24) is 20.4 Å². The summed E-state index contributed by atoms with van der Waals surface area (Å²) in [5.41, 5.74) is 1.37. The number of hydrogen-bond acceptors (Lipinski definition) is 6. The van der Waals surface area contributed by atoms with Gasteiger partial charge in [0.05, 0.1) is 12.5 Å². The number of carbonyl (C=O) groups excluding carboxylic acids is 1. The van der Waals surface area contributed by atoms with Gasteiger partial charge in [0.2, 0.25) is 17.6 Å². The molecule has 3 aromatic rings. The van der Waals surface area contributed by atoms with Crippen LogP contribution in [0.1, 0.15) is 24.3 Å². The van der Waals surface area contributed by atoms with Gasteiger partial charge in [-0.2, -0.15) is 16.7 Å². The molecule has 0 bridgehead atoms. The van der Waals surface area contributed by atoms with Crippen LogP contribution in [0.25, 0.3) is 11.4 Å².